The monoisotopic (exact) mass is 255 g/mol. The lowest BCUT2D eigenvalue weighted by atomic mass is 10.2. The van der Waals surface area contributed by atoms with Gasteiger partial charge in [0.05, 0.1) is 0 Å². The molecule has 0 bridgehead atoms. The lowest BCUT2D eigenvalue weighted by Gasteiger charge is -2.10. The number of alkyl halides is 4. The Hall–Kier alpha value is -2.06. The standard InChI is InChI=1S/C8H5F4NO4/c9-1-3-2-13-6(17-8(10,11)12)4(5(3)14)7(15)16/h2H,1H2,(H,13,14)(H,15,16). The van der Waals surface area contributed by atoms with Crippen LogP contribution in [0.5, 0.6) is 5.88 Å². The smallest absolute Gasteiger partial charge is 0.477 e. The van der Waals surface area contributed by atoms with E-state index in [0.29, 0.717) is 6.20 Å². The van der Waals surface area contributed by atoms with Crippen LogP contribution in [-0.4, -0.2) is 22.4 Å². The number of pyridine rings is 1. The van der Waals surface area contributed by atoms with Gasteiger partial charge in [0.1, 0.15) is 6.67 Å². The zero-order valence-electron chi connectivity index (χ0n) is 7.97. The largest absolute Gasteiger partial charge is 0.574 e. The second-order valence-corrected chi connectivity index (χ2v) is 2.83. The summed E-state index contributed by atoms with van der Waals surface area (Å²) in [5, 5.41) is 8.57. The van der Waals surface area contributed by atoms with Crippen molar-refractivity contribution >= 4 is 5.97 Å². The summed E-state index contributed by atoms with van der Waals surface area (Å²) in [5.74, 6) is -3.23. The number of hydrogen-bond acceptors (Lipinski definition) is 3. The highest BCUT2D eigenvalue weighted by Crippen LogP contribution is 2.22. The minimum Gasteiger partial charge on any atom is -0.477 e. The third kappa shape index (κ3) is 2.95. The van der Waals surface area contributed by atoms with Crippen molar-refractivity contribution in [2.75, 3.05) is 0 Å². The fourth-order valence-corrected chi connectivity index (χ4v) is 1.04. The van der Waals surface area contributed by atoms with E-state index in [4.69, 9.17) is 5.11 Å². The van der Waals surface area contributed by atoms with Crippen LogP contribution in [0.25, 0.3) is 0 Å². The van der Waals surface area contributed by atoms with Gasteiger partial charge in [-0.2, -0.15) is 0 Å². The maximum Gasteiger partial charge on any atom is 0.574 e. The van der Waals surface area contributed by atoms with E-state index in [2.05, 4.69) is 4.74 Å². The van der Waals surface area contributed by atoms with Crippen LogP contribution in [0.1, 0.15) is 15.9 Å². The number of aromatic amines is 1. The average Bonchev–Trinajstić information content (AvgIpc) is 2.14. The van der Waals surface area contributed by atoms with Crippen molar-refractivity contribution in [3.8, 4) is 5.88 Å². The number of carboxylic acids is 1. The highest BCUT2D eigenvalue weighted by molar-refractivity contribution is 5.90. The van der Waals surface area contributed by atoms with Crippen LogP contribution in [0.2, 0.25) is 0 Å². The van der Waals surface area contributed by atoms with E-state index in [0.717, 1.165) is 0 Å². The molecule has 5 nitrogen and oxygen atoms in total. The predicted molar refractivity (Wildman–Crippen MR) is 45.5 cm³/mol. The first kappa shape index (κ1) is 13.0. The maximum atomic E-state index is 12.2. The summed E-state index contributed by atoms with van der Waals surface area (Å²) in [7, 11) is 0. The van der Waals surface area contributed by atoms with Gasteiger partial charge in [0.2, 0.25) is 11.3 Å². The molecule has 0 saturated carbocycles. The van der Waals surface area contributed by atoms with Gasteiger partial charge < -0.3 is 14.8 Å². The van der Waals surface area contributed by atoms with Crippen LogP contribution in [0.15, 0.2) is 11.0 Å². The van der Waals surface area contributed by atoms with Gasteiger partial charge in [0, 0.05) is 11.8 Å². The molecule has 9 heteroatoms. The molecule has 1 heterocycles. The summed E-state index contributed by atoms with van der Waals surface area (Å²) in [6.45, 7) is -1.30. The van der Waals surface area contributed by atoms with Crippen molar-refractivity contribution in [1.82, 2.24) is 4.98 Å². The van der Waals surface area contributed by atoms with E-state index in [1.54, 1.807) is 4.98 Å². The highest BCUT2D eigenvalue weighted by Gasteiger charge is 2.34. The third-order valence-electron chi connectivity index (χ3n) is 1.70. The first-order valence-electron chi connectivity index (χ1n) is 4.06. The van der Waals surface area contributed by atoms with E-state index in [1.165, 1.54) is 0 Å². The van der Waals surface area contributed by atoms with Crippen molar-refractivity contribution in [3.63, 3.8) is 0 Å². The zero-order valence-corrected chi connectivity index (χ0v) is 7.97. The molecule has 0 aliphatic carbocycles. The lowest BCUT2D eigenvalue weighted by Crippen LogP contribution is -2.25. The molecule has 0 aliphatic heterocycles. The van der Waals surface area contributed by atoms with Crippen molar-refractivity contribution in [2.45, 2.75) is 13.0 Å². The van der Waals surface area contributed by atoms with Gasteiger partial charge in [-0.1, -0.05) is 0 Å². The molecule has 0 aromatic carbocycles. The minimum atomic E-state index is -5.16. The predicted octanol–water partition coefficient (Wildman–Crippen LogP) is 1.44. The zero-order chi connectivity index (χ0) is 13.2. The molecular formula is C8H5F4NO4. The van der Waals surface area contributed by atoms with Gasteiger partial charge in [0.25, 0.3) is 0 Å². The van der Waals surface area contributed by atoms with Gasteiger partial charge in [0.15, 0.2) is 5.56 Å². The van der Waals surface area contributed by atoms with Gasteiger partial charge in [-0.25, -0.2) is 9.18 Å². The quantitative estimate of drug-likeness (QED) is 0.801. The molecule has 2 N–H and O–H groups in total. The molecule has 0 fully saturated rings. The van der Waals surface area contributed by atoms with Crippen LogP contribution in [0, 0.1) is 0 Å². The van der Waals surface area contributed by atoms with E-state index < -0.39 is 41.4 Å². The SMILES string of the molecule is O=C(O)c1c(OC(F)(F)F)[nH]cc(CF)c1=O. The Morgan fingerprint density at radius 1 is 1.47 bits per heavy atom. The Morgan fingerprint density at radius 2 is 2.06 bits per heavy atom. The molecule has 1 aromatic rings. The first-order chi connectivity index (χ1) is 7.76. The second-order valence-electron chi connectivity index (χ2n) is 2.83. The van der Waals surface area contributed by atoms with Gasteiger partial charge >= 0.3 is 12.3 Å². The summed E-state index contributed by atoms with van der Waals surface area (Å²) in [4.78, 5) is 23.6. The Balaban J connectivity index is 3.37. The molecule has 0 unspecified atom stereocenters. The molecule has 1 rings (SSSR count). The number of carbonyl (C=O) groups is 1. The number of H-pyrrole nitrogens is 1. The van der Waals surface area contributed by atoms with Crippen LogP contribution in [-0.2, 0) is 6.67 Å². The Labute approximate surface area is 90.6 Å². The highest BCUT2D eigenvalue weighted by atomic mass is 19.4. The molecular weight excluding hydrogens is 250 g/mol. The van der Waals surface area contributed by atoms with Crippen LogP contribution < -0.4 is 10.2 Å². The topological polar surface area (TPSA) is 79.4 Å². The molecule has 0 amide bonds. The number of hydrogen-bond donors (Lipinski definition) is 2. The average molecular weight is 255 g/mol. The number of aromatic carboxylic acids is 1. The van der Waals surface area contributed by atoms with Gasteiger partial charge in [-0.05, 0) is 0 Å². The van der Waals surface area contributed by atoms with E-state index in [9.17, 15) is 27.2 Å². The van der Waals surface area contributed by atoms with Crippen LogP contribution >= 0.6 is 0 Å². The second kappa shape index (κ2) is 4.44. The molecule has 94 valence electrons. The number of rotatable bonds is 3. The molecule has 0 saturated heterocycles. The third-order valence-corrected chi connectivity index (χ3v) is 1.70. The van der Waals surface area contributed by atoms with E-state index in [-0.39, 0.29) is 0 Å². The molecule has 0 aliphatic rings. The molecule has 1 aromatic heterocycles. The Morgan fingerprint density at radius 3 is 2.47 bits per heavy atom. The van der Waals surface area contributed by atoms with E-state index >= 15 is 0 Å². The van der Waals surface area contributed by atoms with Crippen LogP contribution in [0.4, 0.5) is 17.6 Å². The van der Waals surface area contributed by atoms with Crippen LogP contribution in [0.3, 0.4) is 0 Å². The molecule has 17 heavy (non-hydrogen) atoms. The molecule has 0 spiro atoms. The number of ether oxygens (including phenoxy) is 1. The van der Waals surface area contributed by atoms with Gasteiger partial charge in [-0.15, -0.1) is 13.2 Å². The maximum absolute atomic E-state index is 12.2. The first-order valence-corrected chi connectivity index (χ1v) is 4.06. The minimum absolute atomic E-state index is 0.600. The summed E-state index contributed by atoms with van der Waals surface area (Å²) in [6, 6.07) is 0. The number of carboxylic acid groups (broad SMARTS) is 1. The summed E-state index contributed by atoms with van der Waals surface area (Å²) >= 11 is 0. The van der Waals surface area contributed by atoms with Gasteiger partial charge in [-0.3, -0.25) is 4.79 Å². The summed E-state index contributed by atoms with van der Waals surface area (Å²) in [6.07, 6.45) is -4.54. The summed E-state index contributed by atoms with van der Waals surface area (Å²) in [5.41, 5.74) is -3.26. The fourth-order valence-electron chi connectivity index (χ4n) is 1.04. The molecule has 0 atom stereocenters. The normalized spacial score (nSPS) is 11.3. The van der Waals surface area contributed by atoms with E-state index in [1.807, 2.05) is 0 Å². The van der Waals surface area contributed by atoms with Crippen molar-refractivity contribution in [1.29, 1.82) is 0 Å². The number of aromatic nitrogens is 1. The summed E-state index contributed by atoms with van der Waals surface area (Å²) < 4.78 is 51.2. The van der Waals surface area contributed by atoms with Crippen molar-refractivity contribution in [3.05, 3.63) is 27.5 Å². The Kier molecular flexibility index (Phi) is 3.39. The Bertz CT molecular complexity index is 493. The fraction of sp³-hybridized carbons (Fsp3) is 0.250. The number of halogens is 4. The lowest BCUT2D eigenvalue weighted by molar-refractivity contribution is -0.276. The van der Waals surface area contributed by atoms with Crippen molar-refractivity contribution < 1.29 is 32.2 Å². The van der Waals surface area contributed by atoms with Crippen molar-refractivity contribution in [2.24, 2.45) is 0 Å². The number of nitrogens with one attached hydrogen (secondary N) is 1. The molecule has 0 radical (unpaired) electrons.